The third kappa shape index (κ3) is 2.95. The van der Waals surface area contributed by atoms with Gasteiger partial charge in [0.05, 0.1) is 36.1 Å². The van der Waals surface area contributed by atoms with Gasteiger partial charge in [-0.05, 0) is 12.8 Å². The molecule has 1 atom stereocenters. The van der Waals surface area contributed by atoms with Gasteiger partial charge in [0.15, 0.2) is 0 Å². The van der Waals surface area contributed by atoms with Crippen molar-refractivity contribution in [3.05, 3.63) is 18.0 Å². The van der Waals surface area contributed by atoms with E-state index in [0.717, 1.165) is 5.56 Å². The lowest BCUT2D eigenvalue weighted by atomic mass is 10.2. The van der Waals surface area contributed by atoms with Gasteiger partial charge in [-0.15, -0.1) is 0 Å². The summed E-state index contributed by atoms with van der Waals surface area (Å²) in [5.74, 6) is -0.0732. The second-order valence-corrected chi connectivity index (χ2v) is 7.78. The molecular weight excluding hydrogens is 292 g/mol. The van der Waals surface area contributed by atoms with E-state index in [0.29, 0.717) is 26.0 Å². The van der Waals surface area contributed by atoms with Crippen molar-refractivity contribution in [1.82, 2.24) is 14.1 Å². The molecule has 0 N–H and O–H groups in total. The monoisotopic (exact) mass is 310 g/mol. The number of ether oxygens (including phenoxy) is 1. The standard InChI is InChI=1S/C13H18N4O3S/c1-16-7-11(6-15-16)12-8-17(4-5-20-12)21(18,19)10-13(9-14)2-3-13/h6-7,12H,2-5,8,10H2,1H3/t12-/m1/s1. The Kier molecular flexibility index (Phi) is 3.51. The summed E-state index contributed by atoms with van der Waals surface area (Å²) >= 11 is 0. The minimum atomic E-state index is -3.42. The molecule has 1 aromatic rings. The fraction of sp³-hybridized carbons (Fsp3) is 0.692. The molecule has 7 nitrogen and oxygen atoms in total. The first-order chi connectivity index (χ1) is 9.94. The largest absolute Gasteiger partial charge is 0.371 e. The minimum Gasteiger partial charge on any atom is -0.371 e. The molecule has 1 saturated carbocycles. The van der Waals surface area contributed by atoms with Crippen molar-refractivity contribution in [3.8, 4) is 6.07 Å². The zero-order valence-electron chi connectivity index (χ0n) is 11.9. The van der Waals surface area contributed by atoms with E-state index in [4.69, 9.17) is 10.00 Å². The zero-order chi connectivity index (χ0) is 15.1. The predicted octanol–water partition coefficient (Wildman–Crippen LogP) is 0.427. The molecule has 114 valence electrons. The maximum atomic E-state index is 12.5. The normalized spacial score (nSPS) is 25.4. The maximum Gasteiger partial charge on any atom is 0.215 e. The van der Waals surface area contributed by atoms with Crippen LogP contribution in [-0.2, 0) is 21.8 Å². The Bertz CT molecular complexity index is 672. The van der Waals surface area contributed by atoms with Crippen LogP contribution in [0.2, 0.25) is 0 Å². The molecule has 3 rings (SSSR count). The molecule has 0 aromatic carbocycles. The van der Waals surface area contributed by atoms with E-state index in [1.54, 1.807) is 10.9 Å². The van der Waals surface area contributed by atoms with Gasteiger partial charge in [-0.1, -0.05) is 0 Å². The van der Waals surface area contributed by atoms with Crippen LogP contribution in [0, 0.1) is 16.7 Å². The van der Waals surface area contributed by atoms with E-state index in [2.05, 4.69) is 11.2 Å². The lowest BCUT2D eigenvalue weighted by Crippen LogP contribution is -2.44. The summed E-state index contributed by atoms with van der Waals surface area (Å²) in [6, 6.07) is 2.14. The Labute approximate surface area is 124 Å². The highest BCUT2D eigenvalue weighted by Gasteiger charge is 2.48. The van der Waals surface area contributed by atoms with Gasteiger partial charge in [0, 0.05) is 31.9 Å². The van der Waals surface area contributed by atoms with Gasteiger partial charge >= 0.3 is 0 Å². The molecule has 8 heteroatoms. The number of nitrogens with zero attached hydrogens (tertiary/aromatic N) is 4. The van der Waals surface area contributed by atoms with Gasteiger partial charge < -0.3 is 4.74 Å². The van der Waals surface area contributed by atoms with Crippen molar-refractivity contribution in [2.75, 3.05) is 25.4 Å². The molecule has 2 fully saturated rings. The third-order valence-electron chi connectivity index (χ3n) is 4.07. The van der Waals surface area contributed by atoms with E-state index >= 15 is 0 Å². The highest BCUT2D eigenvalue weighted by atomic mass is 32.2. The molecule has 21 heavy (non-hydrogen) atoms. The second kappa shape index (κ2) is 5.09. The Morgan fingerprint density at radius 1 is 1.57 bits per heavy atom. The first-order valence-corrected chi connectivity index (χ1v) is 8.54. The Morgan fingerprint density at radius 2 is 2.33 bits per heavy atom. The minimum absolute atomic E-state index is 0.0732. The van der Waals surface area contributed by atoms with Gasteiger partial charge in [-0.2, -0.15) is 14.7 Å². The smallest absolute Gasteiger partial charge is 0.215 e. The lowest BCUT2D eigenvalue weighted by Gasteiger charge is -2.32. The third-order valence-corrected chi connectivity index (χ3v) is 6.10. The second-order valence-electron chi connectivity index (χ2n) is 5.81. The Morgan fingerprint density at radius 3 is 2.90 bits per heavy atom. The molecular formula is C13H18N4O3S. The summed E-state index contributed by atoms with van der Waals surface area (Å²) in [5, 5.41) is 13.2. The van der Waals surface area contributed by atoms with Crippen molar-refractivity contribution >= 4 is 10.0 Å². The average molecular weight is 310 g/mol. The van der Waals surface area contributed by atoms with E-state index in [1.165, 1.54) is 4.31 Å². The van der Waals surface area contributed by atoms with Gasteiger partial charge in [0.1, 0.15) is 0 Å². The van der Waals surface area contributed by atoms with Crippen molar-refractivity contribution in [1.29, 1.82) is 5.26 Å². The summed E-state index contributed by atoms with van der Waals surface area (Å²) in [4.78, 5) is 0. The first-order valence-electron chi connectivity index (χ1n) is 6.93. The number of hydrogen-bond acceptors (Lipinski definition) is 5. The SMILES string of the molecule is Cn1cc([C@H]2CN(S(=O)(=O)CC3(C#N)CC3)CCO2)cn1. The summed E-state index contributed by atoms with van der Waals surface area (Å²) in [7, 11) is -1.61. The van der Waals surface area contributed by atoms with Crippen molar-refractivity contribution in [2.45, 2.75) is 18.9 Å². The summed E-state index contributed by atoms with van der Waals surface area (Å²) in [5.41, 5.74) is 0.222. The summed E-state index contributed by atoms with van der Waals surface area (Å²) < 4.78 is 33.7. The molecule has 0 amide bonds. The van der Waals surface area contributed by atoms with Gasteiger partial charge in [-0.25, -0.2) is 8.42 Å². The van der Waals surface area contributed by atoms with Crippen LogP contribution in [-0.4, -0.2) is 48.0 Å². The Balaban J connectivity index is 1.72. The summed E-state index contributed by atoms with van der Waals surface area (Å²) in [6.45, 7) is 0.995. The number of aromatic nitrogens is 2. The molecule has 0 radical (unpaired) electrons. The summed E-state index contributed by atoms with van der Waals surface area (Å²) in [6.07, 6.45) is 4.59. The van der Waals surface area contributed by atoms with Crippen LogP contribution in [0.25, 0.3) is 0 Å². The highest BCUT2D eigenvalue weighted by molar-refractivity contribution is 7.89. The van der Waals surface area contributed by atoms with Gasteiger partial charge in [-0.3, -0.25) is 4.68 Å². The van der Waals surface area contributed by atoms with Crippen LogP contribution < -0.4 is 0 Å². The number of aryl methyl sites for hydroxylation is 1. The molecule has 0 bridgehead atoms. The van der Waals surface area contributed by atoms with Crippen LogP contribution in [0.1, 0.15) is 24.5 Å². The predicted molar refractivity (Wildman–Crippen MR) is 74.5 cm³/mol. The average Bonchev–Trinajstić information content (AvgIpc) is 3.09. The highest BCUT2D eigenvalue weighted by Crippen LogP contribution is 2.46. The fourth-order valence-corrected chi connectivity index (χ4v) is 4.52. The first kappa shape index (κ1) is 14.5. The zero-order valence-corrected chi connectivity index (χ0v) is 12.7. The topological polar surface area (TPSA) is 88.2 Å². The molecule has 2 heterocycles. The molecule has 1 aliphatic heterocycles. The van der Waals surface area contributed by atoms with Gasteiger partial charge in [0.25, 0.3) is 0 Å². The molecule has 1 aromatic heterocycles. The van der Waals surface area contributed by atoms with Gasteiger partial charge in [0.2, 0.25) is 10.0 Å². The van der Waals surface area contributed by atoms with Crippen LogP contribution in [0.4, 0.5) is 0 Å². The lowest BCUT2D eigenvalue weighted by molar-refractivity contribution is -0.00266. The molecule has 0 unspecified atom stereocenters. The molecule has 2 aliphatic rings. The van der Waals surface area contributed by atoms with E-state index in [1.807, 2.05) is 13.2 Å². The van der Waals surface area contributed by atoms with Crippen LogP contribution >= 0.6 is 0 Å². The van der Waals surface area contributed by atoms with Crippen molar-refractivity contribution in [2.24, 2.45) is 12.5 Å². The van der Waals surface area contributed by atoms with Crippen LogP contribution in [0.15, 0.2) is 12.4 Å². The number of rotatable bonds is 4. The van der Waals surface area contributed by atoms with E-state index < -0.39 is 15.4 Å². The number of hydrogen-bond donors (Lipinski definition) is 0. The number of sulfonamides is 1. The molecule has 1 aliphatic carbocycles. The van der Waals surface area contributed by atoms with Crippen molar-refractivity contribution in [3.63, 3.8) is 0 Å². The molecule has 0 spiro atoms. The van der Waals surface area contributed by atoms with Crippen molar-refractivity contribution < 1.29 is 13.2 Å². The van der Waals surface area contributed by atoms with Crippen LogP contribution in [0.5, 0.6) is 0 Å². The fourth-order valence-electron chi connectivity index (χ4n) is 2.57. The van der Waals surface area contributed by atoms with E-state index in [9.17, 15) is 8.42 Å². The van der Waals surface area contributed by atoms with E-state index in [-0.39, 0.29) is 18.4 Å². The molecule has 1 saturated heterocycles. The number of nitriles is 1. The quantitative estimate of drug-likeness (QED) is 0.804. The number of morpholine rings is 1. The maximum absolute atomic E-state index is 12.5. The van der Waals surface area contributed by atoms with Crippen LogP contribution in [0.3, 0.4) is 0 Å². The Hall–Kier alpha value is -1.43.